The van der Waals surface area contributed by atoms with Crippen LogP contribution in [0, 0.1) is 20.8 Å². The number of anilines is 2. The first kappa shape index (κ1) is 18.7. The second-order valence-corrected chi connectivity index (χ2v) is 7.02. The van der Waals surface area contributed by atoms with Crippen molar-refractivity contribution in [3.05, 3.63) is 89.1 Å². The van der Waals surface area contributed by atoms with Gasteiger partial charge in [0.2, 0.25) is 0 Å². The predicted molar refractivity (Wildman–Crippen MR) is 115 cm³/mol. The van der Waals surface area contributed by atoms with Crippen LogP contribution in [0.5, 0.6) is 0 Å². The number of nitrogens with one attached hydrogen (secondary N) is 2. The number of carbonyl (C=O) groups excluding carboxylic acids is 1. The lowest BCUT2D eigenvalue weighted by Crippen LogP contribution is -2.16. The Morgan fingerprint density at radius 2 is 1.83 bits per heavy atom. The molecule has 146 valence electrons. The Morgan fingerprint density at radius 1 is 1.00 bits per heavy atom. The van der Waals surface area contributed by atoms with E-state index in [4.69, 9.17) is 0 Å². The Morgan fingerprint density at radius 3 is 2.62 bits per heavy atom. The number of nitrogens with zero attached hydrogens (tertiary/aromatic N) is 3. The van der Waals surface area contributed by atoms with E-state index in [0.717, 1.165) is 39.5 Å². The number of aromatic nitrogens is 3. The SMILES string of the molecule is Cc1cccc(NC(=O)c2ccccn2)c1CNc1cccn2c(C)c(C)nc12. The van der Waals surface area contributed by atoms with Crippen molar-refractivity contribution < 1.29 is 4.79 Å². The Hall–Kier alpha value is -3.67. The van der Waals surface area contributed by atoms with Gasteiger partial charge in [-0.05, 0) is 62.2 Å². The van der Waals surface area contributed by atoms with Crippen molar-refractivity contribution in [3.63, 3.8) is 0 Å². The molecule has 0 spiro atoms. The summed E-state index contributed by atoms with van der Waals surface area (Å²) in [6, 6.07) is 15.2. The maximum Gasteiger partial charge on any atom is 0.274 e. The minimum atomic E-state index is -0.223. The summed E-state index contributed by atoms with van der Waals surface area (Å²) < 4.78 is 2.08. The average Bonchev–Trinajstić information content (AvgIpc) is 3.03. The summed E-state index contributed by atoms with van der Waals surface area (Å²) in [5.41, 5.74) is 7.28. The van der Waals surface area contributed by atoms with E-state index in [1.807, 2.05) is 50.4 Å². The van der Waals surface area contributed by atoms with E-state index in [2.05, 4.69) is 31.9 Å². The van der Waals surface area contributed by atoms with Crippen molar-refractivity contribution in [2.24, 2.45) is 0 Å². The monoisotopic (exact) mass is 385 g/mol. The van der Waals surface area contributed by atoms with Gasteiger partial charge in [-0.2, -0.15) is 0 Å². The number of hydrogen-bond acceptors (Lipinski definition) is 4. The first-order valence-corrected chi connectivity index (χ1v) is 9.53. The molecule has 0 saturated carbocycles. The predicted octanol–water partition coefficient (Wildman–Crippen LogP) is 4.52. The molecule has 6 nitrogen and oxygen atoms in total. The number of carbonyl (C=O) groups is 1. The van der Waals surface area contributed by atoms with Crippen LogP contribution in [0.2, 0.25) is 0 Å². The summed E-state index contributed by atoms with van der Waals surface area (Å²) in [5.74, 6) is -0.223. The first-order chi connectivity index (χ1) is 14.0. The number of amides is 1. The number of hydrogen-bond donors (Lipinski definition) is 2. The van der Waals surface area contributed by atoms with Crippen molar-refractivity contribution in [2.75, 3.05) is 10.6 Å². The molecule has 0 aliphatic heterocycles. The largest absolute Gasteiger partial charge is 0.378 e. The standard InChI is InChI=1S/C23H23N5O/c1-15-8-6-10-19(27-23(29)21-9-4-5-12-24-21)18(15)14-25-20-11-7-13-28-17(3)16(2)26-22(20)28/h4-13,25H,14H2,1-3H3,(H,27,29). The van der Waals surface area contributed by atoms with Gasteiger partial charge in [-0.25, -0.2) is 4.98 Å². The number of aryl methyl sites for hydroxylation is 3. The van der Waals surface area contributed by atoms with Gasteiger partial charge in [-0.3, -0.25) is 9.78 Å². The second-order valence-electron chi connectivity index (χ2n) is 7.02. The summed E-state index contributed by atoms with van der Waals surface area (Å²) in [7, 11) is 0. The first-order valence-electron chi connectivity index (χ1n) is 9.53. The molecule has 1 aromatic carbocycles. The third-order valence-corrected chi connectivity index (χ3v) is 5.14. The van der Waals surface area contributed by atoms with Gasteiger partial charge >= 0.3 is 0 Å². The minimum absolute atomic E-state index is 0.223. The Labute approximate surface area is 169 Å². The quantitative estimate of drug-likeness (QED) is 0.530. The summed E-state index contributed by atoms with van der Waals surface area (Å²) in [5, 5.41) is 6.48. The van der Waals surface area contributed by atoms with Gasteiger partial charge in [0.15, 0.2) is 5.65 Å². The van der Waals surface area contributed by atoms with Crippen molar-refractivity contribution in [1.82, 2.24) is 14.4 Å². The highest BCUT2D eigenvalue weighted by Crippen LogP contribution is 2.24. The lowest BCUT2D eigenvalue weighted by atomic mass is 10.1. The van der Waals surface area contributed by atoms with Crippen LogP contribution < -0.4 is 10.6 Å². The zero-order valence-electron chi connectivity index (χ0n) is 16.7. The molecule has 0 aliphatic rings. The molecule has 0 unspecified atom stereocenters. The van der Waals surface area contributed by atoms with Gasteiger partial charge in [0.05, 0.1) is 11.4 Å². The molecule has 0 fully saturated rings. The lowest BCUT2D eigenvalue weighted by molar-refractivity contribution is 0.102. The van der Waals surface area contributed by atoms with Crippen LogP contribution >= 0.6 is 0 Å². The molecule has 4 aromatic rings. The Bertz CT molecular complexity index is 1180. The molecule has 3 heterocycles. The number of benzene rings is 1. The van der Waals surface area contributed by atoms with Crippen LogP contribution in [-0.4, -0.2) is 20.3 Å². The molecule has 1 amide bonds. The van der Waals surface area contributed by atoms with E-state index < -0.39 is 0 Å². The van der Waals surface area contributed by atoms with Crippen LogP contribution in [0.1, 0.15) is 33.0 Å². The average molecular weight is 385 g/mol. The van der Waals surface area contributed by atoms with Gasteiger partial charge in [-0.1, -0.05) is 18.2 Å². The molecule has 0 saturated heterocycles. The summed E-state index contributed by atoms with van der Waals surface area (Å²) in [4.78, 5) is 21.4. The van der Waals surface area contributed by atoms with E-state index in [-0.39, 0.29) is 5.91 Å². The minimum Gasteiger partial charge on any atom is -0.378 e. The molecule has 0 atom stereocenters. The van der Waals surface area contributed by atoms with E-state index in [0.29, 0.717) is 12.2 Å². The molecular weight excluding hydrogens is 362 g/mol. The smallest absolute Gasteiger partial charge is 0.274 e. The van der Waals surface area contributed by atoms with Gasteiger partial charge in [-0.15, -0.1) is 0 Å². The molecule has 6 heteroatoms. The number of fused-ring (bicyclic) bond motifs is 1. The topological polar surface area (TPSA) is 71.3 Å². The van der Waals surface area contributed by atoms with Crippen LogP contribution in [0.3, 0.4) is 0 Å². The fourth-order valence-electron chi connectivity index (χ4n) is 3.36. The molecule has 29 heavy (non-hydrogen) atoms. The summed E-state index contributed by atoms with van der Waals surface area (Å²) >= 11 is 0. The lowest BCUT2D eigenvalue weighted by Gasteiger charge is -2.15. The van der Waals surface area contributed by atoms with E-state index in [1.54, 1.807) is 24.4 Å². The van der Waals surface area contributed by atoms with Crippen molar-refractivity contribution >= 4 is 22.9 Å². The molecule has 0 radical (unpaired) electrons. The van der Waals surface area contributed by atoms with Gasteiger partial charge in [0.25, 0.3) is 5.91 Å². The van der Waals surface area contributed by atoms with Gasteiger partial charge in [0.1, 0.15) is 5.69 Å². The molecule has 4 rings (SSSR count). The zero-order chi connectivity index (χ0) is 20.4. The molecular formula is C23H23N5O. The third kappa shape index (κ3) is 3.69. The molecule has 3 aromatic heterocycles. The highest BCUT2D eigenvalue weighted by molar-refractivity contribution is 6.03. The molecule has 0 aliphatic carbocycles. The zero-order valence-corrected chi connectivity index (χ0v) is 16.7. The fourth-order valence-corrected chi connectivity index (χ4v) is 3.36. The van der Waals surface area contributed by atoms with E-state index >= 15 is 0 Å². The van der Waals surface area contributed by atoms with Crippen LogP contribution in [-0.2, 0) is 6.54 Å². The van der Waals surface area contributed by atoms with E-state index in [9.17, 15) is 4.79 Å². The number of pyridine rings is 2. The Balaban J connectivity index is 1.60. The maximum atomic E-state index is 12.6. The van der Waals surface area contributed by atoms with Crippen molar-refractivity contribution in [2.45, 2.75) is 27.3 Å². The normalized spacial score (nSPS) is 10.9. The van der Waals surface area contributed by atoms with Crippen LogP contribution in [0.4, 0.5) is 11.4 Å². The van der Waals surface area contributed by atoms with Gasteiger partial charge in [0, 0.05) is 30.3 Å². The second kappa shape index (κ2) is 7.75. The fraction of sp³-hybridized carbons (Fsp3) is 0.174. The highest BCUT2D eigenvalue weighted by Gasteiger charge is 2.13. The summed E-state index contributed by atoms with van der Waals surface area (Å²) in [6.07, 6.45) is 3.63. The number of imidazole rings is 1. The van der Waals surface area contributed by atoms with Crippen molar-refractivity contribution in [3.8, 4) is 0 Å². The Kier molecular flexibility index (Phi) is 4.99. The van der Waals surface area contributed by atoms with Crippen LogP contribution in [0.15, 0.2) is 60.9 Å². The van der Waals surface area contributed by atoms with Crippen molar-refractivity contribution in [1.29, 1.82) is 0 Å². The van der Waals surface area contributed by atoms with Gasteiger partial charge < -0.3 is 15.0 Å². The van der Waals surface area contributed by atoms with E-state index in [1.165, 1.54) is 0 Å². The molecule has 0 bridgehead atoms. The summed E-state index contributed by atoms with van der Waals surface area (Å²) in [6.45, 7) is 6.68. The third-order valence-electron chi connectivity index (χ3n) is 5.14. The van der Waals surface area contributed by atoms with Crippen LogP contribution in [0.25, 0.3) is 5.65 Å². The highest BCUT2D eigenvalue weighted by atomic mass is 16.1. The number of rotatable bonds is 5. The maximum absolute atomic E-state index is 12.6. The molecule has 2 N–H and O–H groups in total.